The molecule has 1 heterocycles. The third-order valence-corrected chi connectivity index (χ3v) is 7.46. The van der Waals surface area contributed by atoms with E-state index in [-0.39, 0.29) is 29.8 Å². The lowest BCUT2D eigenvalue weighted by atomic mass is 9.87. The van der Waals surface area contributed by atoms with Crippen LogP contribution in [0, 0.1) is 11.6 Å². The quantitative estimate of drug-likeness (QED) is 0.265. The molecular weight excluding hydrogens is 510 g/mol. The van der Waals surface area contributed by atoms with E-state index in [1.807, 2.05) is 24.3 Å². The molecule has 0 unspecified atom stereocenters. The Kier molecular flexibility index (Phi) is 8.41. The maximum atomic E-state index is 15.3. The lowest BCUT2D eigenvalue weighted by Crippen LogP contribution is -2.26. The van der Waals surface area contributed by atoms with E-state index in [9.17, 15) is 13.3 Å². The molecule has 39 heavy (non-hydrogen) atoms. The number of likely N-dealkylation sites (tertiary alicyclic amines) is 1. The van der Waals surface area contributed by atoms with Gasteiger partial charge in [-0.25, -0.2) is 8.78 Å². The van der Waals surface area contributed by atoms with Crippen molar-refractivity contribution in [1.29, 1.82) is 0 Å². The average Bonchev–Trinajstić information content (AvgIpc) is 3.31. The van der Waals surface area contributed by atoms with Crippen molar-refractivity contribution in [1.82, 2.24) is 4.90 Å². The number of halogens is 4. The molecule has 0 N–H and O–H groups in total. The van der Waals surface area contributed by atoms with Gasteiger partial charge in [-0.2, -0.15) is 0 Å². The Morgan fingerprint density at radius 2 is 1.72 bits per heavy atom. The summed E-state index contributed by atoms with van der Waals surface area (Å²) in [5, 5.41) is 0. The van der Waals surface area contributed by atoms with Crippen LogP contribution in [0.15, 0.2) is 54.6 Å². The van der Waals surface area contributed by atoms with E-state index in [4.69, 9.17) is 9.47 Å². The van der Waals surface area contributed by atoms with Gasteiger partial charge in [0.15, 0.2) is 17.3 Å². The summed E-state index contributed by atoms with van der Waals surface area (Å²) in [6.07, 6.45) is 3.21. The van der Waals surface area contributed by atoms with E-state index < -0.39 is 11.6 Å². The van der Waals surface area contributed by atoms with E-state index in [1.165, 1.54) is 19.2 Å². The van der Waals surface area contributed by atoms with Gasteiger partial charge in [-0.15, -0.1) is 0 Å². The molecule has 1 aliphatic heterocycles. The number of nitrogens with zero attached hydrogens (tertiary/aromatic N) is 1. The van der Waals surface area contributed by atoms with Crippen LogP contribution < -0.4 is 14.4 Å². The fourth-order valence-electron chi connectivity index (χ4n) is 5.60. The van der Waals surface area contributed by atoms with Crippen molar-refractivity contribution >= 4 is 11.1 Å². The molecule has 206 valence electrons. The second kappa shape index (κ2) is 12.1. The lowest BCUT2D eigenvalue weighted by Gasteiger charge is -2.19. The standard InChI is InChI=1S/C31H31F4NO3/c1-37-30-18-28(33)27(17-29(30)34)26-5-2-4-21-16-23(39-35)10-11-25(21)31(26)20-6-8-22(9-7-20)38-24-12-15-36(19-24)14-3-13-32/h6-11,16-18,24H,2-5,12-15,19H2,1H3/t24-/m0/s1. The Balaban J connectivity index is 1.52. The molecule has 3 aromatic carbocycles. The third-order valence-electron chi connectivity index (χ3n) is 7.46. The highest BCUT2D eigenvalue weighted by Crippen LogP contribution is 2.42. The van der Waals surface area contributed by atoms with E-state index in [0.29, 0.717) is 37.0 Å². The summed E-state index contributed by atoms with van der Waals surface area (Å²) in [6.45, 7) is 2.04. The van der Waals surface area contributed by atoms with Crippen molar-refractivity contribution in [2.45, 2.75) is 38.2 Å². The molecule has 8 heteroatoms. The first-order valence-corrected chi connectivity index (χ1v) is 13.2. The van der Waals surface area contributed by atoms with Crippen LogP contribution in [0.4, 0.5) is 17.7 Å². The molecule has 2 aliphatic rings. The third kappa shape index (κ3) is 5.91. The fourth-order valence-corrected chi connectivity index (χ4v) is 5.60. The van der Waals surface area contributed by atoms with Crippen molar-refractivity contribution in [2.75, 3.05) is 33.4 Å². The van der Waals surface area contributed by atoms with Crippen molar-refractivity contribution in [2.24, 2.45) is 0 Å². The molecule has 1 atom stereocenters. The molecule has 1 saturated heterocycles. The molecule has 0 radical (unpaired) electrons. The van der Waals surface area contributed by atoms with Crippen molar-refractivity contribution < 1.29 is 32.1 Å². The van der Waals surface area contributed by atoms with Crippen molar-refractivity contribution in [3.63, 3.8) is 0 Å². The molecule has 3 aromatic rings. The van der Waals surface area contributed by atoms with Crippen molar-refractivity contribution in [3.8, 4) is 17.2 Å². The molecule has 0 saturated carbocycles. The molecule has 5 rings (SSSR count). The van der Waals surface area contributed by atoms with Gasteiger partial charge in [0, 0.05) is 35.8 Å². The normalized spacial score (nSPS) is 17.6. The van der Waals surface area contributed by atoms with Crippen LogP contribution in [0.25, 0.3) is 11.1 Å². The van der Waals surface area contributed by atoms with Gasteiger partial charge in [0.2, 0.25) is 0 Å². The minimum atomic E-state index is -0.646. The first-order chi connectivity index (χ1) is 19.0. The van der Waals surface area contributed by atoms with Crippen LogP contribution in [0.3, 0.4) is 0 Å². The summed E-state index contributed by atoms with van der Waals surface area (Å²) in [5.41, 5.74) is 4.06. The summed E-state index contributed by atoms with van der Waals surface area (Å²) < 4.78 is 66.7. The topological polar surface area (TPSA) is 30.9 Å². The van der Waals surface area contributed by atoms with Crippen LogP contribution in [0.1, 0.15) is 47.9 Å². The Labute approximate surface area is 225 Å². The zero-order valence-corrected chi connectivity index (χ0v) is 21.8. The lowest BCUT2D eigenvalue weighted by molar-refractivity contribution is -0.00629. The second-order valence-corrected chi connectivity index (χ2v) is 9.97. The maximum Gasteiger partial charge on any atom is 0.172 e. The SMILES string of the molecule is COc1cc(F)c(C2=C(c3ccc(O[C@H]4CCN(CCCF)C4)cc3)c3ccc(OF)cc3CCC2)cc1F. The summed E-state index contributed by atoms with van der Waals surface area (Å²) in [7, 11) is 1.30. The van der Waals surface area contributed by atoms with Gasteiger partial charge in [-0.05, 0) is 90.3 Å². The second-order valence-electron chi connectivity index (χ2n) is 9.97. The maximum absolute atomic E-state index is 15.3. The van der Waals surface area contributed by atoms with Crippen molar-refractivity contribution in [3.05, 3.63) is 88.5 Å². The first-order valence-electron chi connectivity index (χ1n) is 13.2. The minimum absolute atomic E-state index is 0.0272. The van der Waals surface area contributed by atoms with E-state index in [1.54, 1.807) is 12.1 Å². The van der Waals surface area contributed by atoms with E-state index >= 15 is 4.39 Å². The Morgan fingerprint density at radius 3 is 2.46 bits per heavy atom. The fraction of sp³-hybridized carbons (Fsp3) is 0.355. The highest BCUT2D eigenvalue weighted by atomic mass is 19.3. The highest BCUT2D eigenvalue weighted by Gasteiger charge is 2.26. The number of hydrogen-bond acceptors (Lipinski definition) is 4. The minimum Gasteiger partial charge on any atom is -0.494 e. The molecule has 0 aromatic heterocycles. The monoisotopic (exact) mass is 541 g/mol. The zero-order chi connectivity index (χ0) is 27.4. The summed E-state index contributed by atoms with van der Waals surface area (Å²) in [5.74, 6) is -0.582. The summed E-state index contributed by atoms with van der Waals surface area (Å²) in [6, 6.07) is 14.7. The van der Waals surface area contributed by atoms with Crippen LogP contribution in [-0.4, -0.2) is 44.4 Å². The molecule has 1 aliphatic carbocycles. The zero-order valence-electron chi connectivity index (χ0n) is 21.8. The Bertz CT molecular complexity index is 1340. The molecule has 1 fully saturated rings. The number of rotatable bonds is 9. The molecule has 4 nitrogen and oxygen atoms in total. The van der Waals surface area contributed by atoms with Gasteiger partial charge >= 0.3 is 0 Å². The molecule has 0 spiro atoms. The number of allylic oxidation sites excluding steroid dienone is 1. The predicted molar refractivity (Wildman–Crippen MR) is 142 cm³/mol. The van der Waals surface area contributed by atoms with Gasteiger partial charge in [-0.1, -0.05) is 18.2 Å². The molecular formula is C31H31F4NO3. The van der Waals surface area contributed by atoms with Crippen LogP contribution in [-0.2, 0) is 6.42 Å². The Morgan fingerprint density at radius 1 is 0.923 bits per heavy atom. The number of methoxy groups -OCH3 is 1. The van der Waals surface area contributed by atoms with Gasteiger partial charge in [0.05, 0.1) is 13.8 Å². The molecule has 0 amide bonds. The first kappa shape index (κ1) is 27.1. The number of fused-ring (bicyclic) bond motifs is 1. The van der Waals surface area contributed by atoms with E-state index in [2.05, 4.69) is 9.84 Å². The summed E-state index contributed by atoms with van der Waals surface area (Å²) in [4.78, 5) is 6.17. The van der Waals surface area contributed by atoms with Crippen LogP contribution >= 0.6 is 0 Å². The largest absolute Gasteiger partial charge is 0.494 e. The molecule has 0 bridgehead atoms. The van der Waals surface area contributed by atoms with Gasteiger partial charge in [0.1, 0.15) is 17.7 Å². The number of alkyl halides is 1. The summed E-state index contributed by atoms with van der Waals surface area (Å²) >= 11 is 0. The van der Waals surface area contributed by atoms with E-state index in [0.717, 1.165) is 54.4 Å². The smallest absolute Gasteiger partial charge is 0.172 e. The predicted octanol–water partition coefficient (Wildman–Crippen LogP) is 7.34. The van der Waals surface area contributed by atoms with Gasteiger partial charge in [0.25, 0.3) is 0 Å². The van der Waals surface area contributed by atoms with Gasteiger partial charge < -0.3 is 9.47 Å². The highest BCUT2D eigenvalue weighted by molar-refractivity contribution is 6.00. The van der Waals surface area contributed by atoms with Crippen LogP contribution in [0.5, 0.6) is 17.2 Å². The Hall–Kier alpha value is -3.52. The number of aryl methyl sites for hydroxylation is 1. The number of hydrogen-bond donors (Lipinski definition) is 0. The number of benzene rings is 3. The van der Waals surface area contributed by atoms with Crippen LogP contribution in [0.2, 0.25) is 0 Å². The average molecular weight is 542 g/mol. The van der Waals surface area contributed by atoms with Gasteiger partial charge in [-0.3, -0.25) is 14.2 Å². The number of ether oxygens (including phenoxy) is 2.